The Morgan fingerprint density at radius 2 is 1.52 bits per heavy atom. The van der Waals surface area contributed by atoms with E-state index in [9.17, 15) is 5.26 Å². The van der Waals surface area contributed by atoms with Crippen LogP contribution in [0.2, 0.25) is 0 Å². The van der Waals surface area contributed by atoms with Crippen LogP contribution in [0.3, 0.4) is 0 Å². The van der Waals surface area contributed by atoms with Gasteiger partial charge in [-0.2, -0.15) is 5.26 Å². The molecule has 3 heterocycles. The zero-order valence-corrected chi connectivity index (χ0v) is 17.1. The Kier molecular flexibility index (Phi) is 3.79. The lowest BCUT2D eigenvalue weighted by atomic mass is 9.96. The molecule has 0 saturated carbocycles. The molecule has 0 radical (unpaired) electrons. The maximum atomic E-state index is 10.2. The molecule has 6 heteroatoms. The highest BCUT2D eigenvalue weighted by Gasteiger charge is 2.25. The number of anilines is 1. The number of hydrogen-bond acceptors (Lipinski definition) is 5. The Morgan fingerprint density at radius 3 is 2.29 bits per heavy atom. The van der Waals surface area contributed by atoms with Crippen LogP contribution < -0.4 is 5.73 Å². The number of thiazole rings is 1. The fourth-order valence-corrected chi connectivity index (χ4v) is 5.14. The molecule has 0 saturated heterocycles. The summed E-state index contributed by atoms with van der Waals surface area (Å²) in [5.41, 5.74) is 12.9. The second kappa shape index (κ2) is 6.66. The molecule has 3 aromatic carbocycles. The summed E-state index contributed by atoms with van der Waals surface area (Å²) in [6.07, 6.45) is 0. The number of benzene rings is 3. The zero-order chi connectivity index (χ0) is 20.9. The van der Waals surface area contributed by atoms with E-state index in [0.29, 0.717) is 17.0 Å². The first-order chi connectivity index (χ1) is 15.3. The zero-order valence-electron chi connectivity index (χ0n) is 16.3. The molecule has 146 valence electrons. The lowest BCUT2D eigenvalue weighted by molar-refractivity contribution is 1.22. The average Bonchev–Trinajstić information content (AvgIpc) is 3.41. The number of para-hydroxylation sites is 3. The van der Waals surface area contributed by atoms with Gasteiger partial charge in [0.1, 0.15) is 22.5 Å². The third-order valence-corrected chi connectivity index (χ3v) is 6.52. The molecule has 3 aromatic heterocycles. The SMILES string of the molecule is N#Cc1c(-c2ccccc2)c(-c2nc3ccccc3s2)c(N)n2c1nc1ccccc12. The maximum absolute atomic E-state index is 10.2. The van der Waals surface area contributed by atoms with E-state index >= 15 is 0 Å². The van der Waals surface area contributed by atoms with Gasteiger partial charge in [0, 0.05) is 5.56 Å². The monoisotopic (exact) mass is 417 g/mol. The quantitative estimate of drug-likeness (QED) is 0.381. The van der Waals surface area contributed by atoms with Crippen molar-refractivity contribution in [2.24, 2.45) is 0 Å². The summed E-state index contributed by atoms with van der Waals surface area (Å²) in [4.78, 5) is 9.63. The number of pyridine rings is 1. The highest BCUT2D eigenvalue weighted by molar-refractivity contribution is 7.21. The van der Waals surface area contributed by atoms with Crippen LogP contribution in [0.15, 0.2) is 78.9 Å². The van der Waals surface area contributed by atoms with Gasteiger partial charge in [0.2, 0.25) is 0 Å². The largest absolute Gasteiger partial charge is 0.384 e. The van der Waals surface area contributed by atoms with E-state index in [2.05, 4.69) is 6.07 Å². The second-order valence-corrected chi connectivity index (χ2v) is 8.26. The maximum Gasteiger partial charge on any atom is 0.158 e. The van der Waals surface area contributed by atoms with Crippen molar-refractivity contribution in [3.8, 4) is 27.8 Å². The summed E-state index contributed by atoms with van der Waals surface area (Å²) in [7, 11) is 0. The van der Waals surface area contributed by atoms with Crippen LogP contribution in [0.4, 0.5) is 5.82 Å². The van der Waals surface area contributed by atoms with Crippen molar-refractivity contribution in [1.29, 1.82) is 5.26 Å². The normalized spacial score (nSPS) is 11.3. The van der Waals surface area contributed by atoms with Crippen molar-refractivity contribution in [1.82, 2.24) is 14.4 Å². The van der Waals surface area contributed by atoms with Crippen LogP contribution in [-0.4, -0.2) is 14.4 Å². The number of fused-ring (bicyclic) bond motifs is 4. The van der Waals surface area contributed by atoms with Gasteiger partial charge in [-0.3, -0.25) is 4.40 Å². The van der Waals surface area contributed by atoms with Gasteiger partial charge in [-0.15, -0.1) is 11.3 Å². The predicted octanol–water partition coefficient (Wildman–Crippen LogP) is 5.89. The molecule has 0 aliphatic heterocycles. The van der Waals surface area contributed by atoms with Crippen LogP contribution in [0.5, 0.6) is 0 Å². The molecule has 2 N–H and O–H groups in total. The van der Waals surface area contributed by atoms with Crippen molar-refractivity contribution in [3.05, 3.63) is 84.4 Å². The van der Waals surface area contributed by atoms with Gasteiger partial charge in [-0.05, 0) is 29.8 Å². The number of nitrogen functional groups attached to an aromatic ring is 1. The fourth-order valence-electron chi connectivity index (χ4n) is 4.11. The molecule has 0 unspecified atom stereocenters. The van der Waals surface area contributed by atoms with Crippen LogP contribution in [-0.2, 0) is 0 Å². The Labute approximate surface area is 181 Å². The molecule has 0 atom stereocenters. The number of rotatable bonds is 2. The third-order valence-electron chi connectivity index (χ3n) is 5.46. The molecular formula is C25H15N5S. The minimum Gasteiger partial charge on any atom is -0.384 e. The van der Waals surface area contributed by atoms with Gasteiger partial charge in [0.25, 0.3) is 0 Å². The second-order valence-electron chi connectivity index (χ2n) is 7.23. The lowest BCUT2D eigenvalue weighted by Crippen LogP contribution is -2.05. The molecule has 6 rings (SSSR count). The number of aromatic nitrogens is 3. The predicted molar refractivity (Wildman–Crippen MR) is 126 cm³/mol. The highest BCUT2D eigenvalue weighted by Crippen LogP contribution is 2.44. The molecule has 0 fully saturated rings. The lowest BCUT2D eigenvalue weighted by Gasteiger charge is -2.15. The summed E-state index contributed by atoms with van der Waals surface area (Å²) in [5, 5.41) is 11.0. The molecule has 0 amide bonds. The van der Waals surface area contributed by atoms with E-state index in [4.69, 9.17) is 15.7 Å². The van der Waals surface area contributed by atoms with E-state index in [0.717, 1.165) is 42.9 Å². The van der Waals surface area contributed by atoms with E-state index < -0.39 is 0 Å². The van der Waals surface area contributed by atoms with Crippen molar-refractivity contribution >= 4 is 44.1 Å². The highest BCUT2D eigenvalue weighted by atomic mass is 32.1. The van der Waals surface area contributed by atoms with Crippen LogP contribution in [0, 0.1) is 11.3 Å². The van der Waals surface area contributed by atoms with Crippen molar-refractivity contribution in [2.75, 3.05) is 5.73 Å². The van der Waals surface area contributed by atoms with Gasteiger partial charge in [0.05, 0.1) is 26.8 Å². The molecule has 0 spiro atoms. The summed E-state index contributed by atoms with van der Waals surface area (Å²) >= 11 is 1.57. The van der Waals surface area contributed by atoms with E-state index in [-0.39, 0.29) is 0 Å². The van der Waals surface area contributed by atoms with Crippen LogP contribution in [0.25, 0.3) is 48.6 Å². The first-order valence-electron chi connectivity index (χ1n) is 9.80. The summed E-state index contributed by atoms with van der Waals surface area (Å²) in [5.74, 6) is 0.528. The molecule has 31 heavy (non-hydrogen) atoms. The number of imidazole rings is 1. The molecule has 0 bridgehead atoms. The van der Waals surface area contributed by atoms with Crippen molar-refractivity contribution in [3.63, 3.8) is 0 Å². The molecule has 6 aromatic rings. The number of hydrogen-bond donors (Lipinski definition) is 1. The smallest absolute Gasteiger partial charge is 0.158 e. The minimum absolute atomic E-state index is 0.492. The number of nitrogens with two attached hydrogens (primary N) is 1. The van der Waals surface area contributed by atoms with Gasteiger partial charge in [0.15, 0.2) is 5.65 Å². The van der Waals surface area contributed by atoms with E-state index in [1.165, 1.54) is 0 Å². The van der Waals surface area contributed by atoms with Gasteiger partial charge in [-0.25, -0.2) is 9.97 Å². The summed E-state index contributed by atoms with van der Waals surface area (Å²) in [6, 6.07) is 28.1. The Hall–Kier alpha value is -4.21. The molecule has 5 nitrogen and oxygen atoms in total. The first-order valence-corrected chi connectivity index (χ1v) is 10.6. The fraction of sp³-hybridized carbons (Fsp3) is 0. The molecule has 0 aliphatic carbocycles. The third kappa shape index (κ3) is 2.54. The summed E-state index contributed by atoms with van der Waals surface area (Å²) < 4.78 is 2.95. The van der Waals surface area contributed by atoms with Gasteiger partial charge >= 0.3 is 0 Å². The first kappa shape index (κ1) is 17.6. The topological polar surface area (TPSA) is 80.0 Å². The number of nitriles is 1. The van der Waals surface area contributed by atoms with Gasteiger partial charge in [-0.1, -0.05) is 54.6 Å². The Morgan fingerprint density at radius 1 is 0.806 bits per heavy atom. The average molecular weight is 417 g/mol. The van der Waals surface area contributed by atoms with Crippen molar-refractivity contribution < 1.29 is 0 Å². The van der Waals surface area contributed by atoms with Gasteiger partial charge < -0.3 is 5.73 Å². The minimum atomic E-state index is 0.492. The van der Waals surface area contributed by atoms with Crippen LogP contribution >= 0.6 is 11.3 Å². The van der Waals surface area contributed by atoms with Crippen molar-refractivity contribution in [2.45, 2.75) is 0 Å². The summed E-state index contributed by atoms with van der Waals surface area (Å²) in [6.45, 7) is 0. The Balaban J connectivity index is 1.84. The molecular weight excluding hydrogens is 402 g/mol. The number of nitrogens with zero attached hydrogens (tertiary/aromatic N) is 4. The molecule has 0 aliphatic rings. The van der Waals surface area contributed by atoms with Crippen LogP contribution in [0.1, 0.15) is 5.56 Å². The Bertz CT molecular complexity index is 1620. The van der Waals surface area contributed by atoms with E-state index in [1.807, 2.05) is 83.3 Å². The standard InChI is InChI=1S/C25H15N5S/c26-14-16-21(15-8-2-1-3-9-15)22(25-29-18-11-5-7-13-20(18)31-25)23(27)30-19-12-6-4-10-17(19)28-24(16)30/h1-13H,27H2. The van der Waals surface area contributed by atoms with E-state index in [1.54, 1.807) is 11.3 Å².